The molecular formula is C30H32P2. The quantitative estimate of drug-likeness (QED) is 0.244. The second-order valence-electron chi connectivity index (χ2n) is 8.75. The summed E-state index contributed by atoms with van der Waals surface area (Å²) in [6.07, 6.45) is 3.70. The van der Waals surface area contributed by atoms with E-state index in [1.165, 1.54) is 40.2 Å². The normalized spacial score (nSPS) is 11.8. The minimum absolute atomic E-state index is 0.229. The summed E-state index contributed by atoms with van der Waals surface area (Å²) in [5.74, 6) is 0. The maximum absolute atomic E-state index is 2.48. The van der Waals surface area contributed by atoms with E-state index in [1.807, 2.05) is 0 Å². The third-order valence-electron chi connectivity index (χ3n) is 5.94. The van der Waals surface area contributed by atoms with E-state index < -0.39 is 7.92 Å². The highest BCUT2D eigenvalue weighted by atomic mass is 31.1. The van der Waals surface area contributed by atoms with Crippen LogP contribution in [-0.2, 0) is 0 Å². The Bertz CT molecular complexity index is 982. The average molecular weight is 455 g/mol. The van der Waals surface area contributed by atoms with Gasteiger partial charge >= 0.3 is 0 Å². The molecule has 0 unspecified atom stereocenters. The lowest BCUT2D eigenvalue weighted by molar-refractivity contribution is 0.622. The molecule has 0 fully saturated rings. The molecule has 0 amide bonds. The predicted octanol–water partition coefficient (Wildman–Crippen LogP) is 6.81. The van der Waals surface area contributed by atoms with Gasteiger partial charge in [0.1, 0.15) is 0 Å². The Kier molecular flexibility index (Phi) is 7.91. The van der Waals surface area contributed by atoms with Crippen LogP contribution in [0.25, 0.3) is 0 Å². The summed E-state index contributed by atoms with van der Waals surface area (Å²) in [4.78, 5) is 0. The van der Waals surface area contributed by atoms with Crippen LogP contribution in [0.4, 0.5) is 0 Å². The van der Waals surface area contributed by atoms with Gasteiger partial charge in [-0.3, -0.25) is 0 Å². The monoisotopic (exact) mass is 454 g/mol. The highest BCUT2D eigenvalue weighted by Crippen LogP contribution is 2.50. The summed E-state index contributed by atoms with van der Waals surface area (Å²) < 4.78 is 0. The van der Waals surface area contributed by atoms with Crippen LogP contribution >= 0.6 is 15.8 Å². The van der Waals surface area contributed by atoms with Crippen molar-refractivity contribution in [3.05, 3.63) is 121 Å². The molecular weight excluding hydrogens is 422 g/mol. The van der Waals surface area contributed by atoms with Crippen molar-refractivity contribution in [3.8, 4) is 0 Å². The molecule has 0 aliphatic rings. The Morgan fingerprint density at radius 1 is 0.500 bits per heavy atom. The molecule has 4 aromatic rings. The maximum Gasteiger partial charge on any atom is -0.00707 e. The van der Waals surface area contributed by atoms with Gasteiger partial charge in [-0.1, -0.05) is 135 Å². The Morgan fingerprint density at radius 3 is 1.22 bits per heavy atom. The molecule has 0 radical (unpaired) electrons. The third kappa shape index (κ3) is 5.75. The van der Waals surface area contributed by atoms with Gasteiger partial charge in [-0.15, -0.1) is 0 Å². The van der Waals surface area contributed by atoms with Crippen molar-refractivity contribution in [1.82, 2.24) is 0 Å². The van der Waals surface area contributed by atoms with Gasteiger partial charge in [0.05, 0.1) is 0 Å². The molecule has 0 spiro atoms. The van der Waals surface area contributed by atoms with Gasteiger partial charge < -0.3 is 0 Å². The molecule has 0 saturated heterocycles. The smallest absolute Gasteiger partial charge is 0.00707 e. The Labute approximate surface area is 196 Å². The number of rotatable bonds is 9. The molecule has 0 aromatic heterocycles. The molecule has 4 rings (SSSR count). The van der Waals surface area contributed by atoms with Crippen LogP contribution in [-0.4, -0.2) is 11.3 Å². The fraction of sp³-hybridized carbons (Fsp3) is 0.200. The van der Waals surface area contributed by atoms with Crippen molar-refractivity contribution >= 4 is 37.1 Å². The Morgan fingerprint density at radius 2 is 0.844 bits per heavy atom. The zero-order valence-corrected chi connectivity index (χ0v) is 20.9. The van der Waals surface area contributed by atoms with Gasteiger partial charge in [-0.2, -0.15) is 0 Å². The maximum atomic E-state index is 2.48. The zero-order valence-electron chi connectivity index (χ0n) is 19.1. The van der Waals surface area contributed by atoms with Gasteiger partial charge in [0.15, 0.2) is 0 Å². The zero-order chi connectivity index (χ0) is 22.2. The van der Waals surface area contributed by atoms with Gasteiger partial charge in [0.25, 0.3) is 0 Å². The first-order valence-electron chi connectivity index (χ1n) is 11.4. The molecule has 32 heavy (non-hydrogen) atoms. The van der Waals surface area contributed by atoms with Crippen LogP contribution in [0, 0.1) is 0 Å². The highest BCUT2D eigenvalue weighted by Gasteiger charge is 2.31. The third-order valence-corrected chi connectivity index (χ3v) is 11.6. The molecule has 2 heteroatoms. The topological polar surface area (TPSA) is 0 Å². The number of hydrogen-bond acceptors (Lipinski definition) is 0. The molecule has 0 saturated carbocycles. The van der Waals surface area contributed by atoms with Crippen molar-refractivity contribution < 1.29 is 0 Å². The van der Waals surface area contributed by atoms with E-state index in [0.29, 0.717) is 0 Å². The molecule has 0 N–H and O–H groups in total. The van der Waals surface area contributed by atoms with Gasteiger partial charge in [0, 0.05) is 0 Å². The van der Waals surface area contributed by atoms with Crippen LogP contribution < -0.4 is 21.2 Å². The fourth-order valence-electron chi connectivity index (χ4n) is 4.41. The average Bonchev–Trinajstić information content (AvgIpc) is 2.84. The van der Waals surface area contributed by atoms with E-state index in [0.717, 1.165) is 0 Å². The SMILES string of the molecule is CC(C)(CCCP(c1ccccc1)c1ccccc1)P(c1ccccc1)c1ccccc1. The van der Waals surface area contributed by atoms with E-state index in [2.05, 4.69) is 135 Å². The fourth-order valence-corrected chi connectivity index (χ4v) is 9.78. The van der Waals surface area contributed by atoms with Crippen LogP contribution in [0.5, 0.6) is 0 Å². The molecule has 162 valence electrons. The summed E-state index contributed by atoms with van der Waals surface area (Å²) in [5, 5.41) is 6.16. The molecule has 4 aromatic carbocycles. The summed E-state index contributed by atoms with van der Waals surface area (Å²) in [6, 6.07) is 44.5. The van der Waals surface area contributed by atoms with Crippen molar-refractivity contribution in [2.24, 2.45) is 0 Å². The lowest BCUT2D eigenvalue weighted by atomic mass is 10.1. The second kappa shape index (κ2) is 11.0. The first-order valence-corrected chi connectivity index (χ1v) is 14.3. The van der Waals surface area contributed by atoms with Crippen LogP contribution in [0.1, 0.15) is 26.7 Å². The minimum atomic E-state index is -0.426. The standard InChI is InChI=1S/C30H32P2/c1-30(2,32(28-20-11-5-12-21-28)29-22-13-6-14-23-29)24-15-25-31(26-16-7-3-8-17-26)27-18-9-4-10-19-27/h3-14,16-23H,15,24-25H2,1-2H3. The van der Waals surface area contributed by atoms with E-state index in [9.17, 15) is 0 Å². The van der Waals surface area contributed by atoms with Gasteiger partial charge in [-0.25, -0.2) is 0 Å². The van der Waals surface area contributed by atoms with Crippen molar-refractivity contribution in [3.63, 3.8) is 0 Å². The Balaban J connectivity index is 1.55. The van der Waals surface area contributed by atoms with Gasteiger partial charge in [0.2, 0.25) is 0 Å². The predicted molar refractivity (Wildman–Crippen MR) is 146 cm³/mol. The largest absolute Gasteiger partial charge is 0.0622 e. The Hall–Kier alpha value is -2.26. The first kappa shape index (κ1) is 22.9. The summed E-state index contributed by atoms with van der Waals surface area (Å²) in [5.41, 5.74) is 0. The van der Waals surface area contributed by atoms with Crippen LogP contribution in [0.3, 0.4) is 0 Å². The van der Waals surface area contributed by atoms with E-state index in [-0.39, 0.29) is 13.1 Å². The van der Waals surface area contributed by atoms with Crippen molar-refractivity contribution in [2.45, 2.75) is 31.8 Å². The highest BCUT2D eigenvalue weighted by molar-refractivity contribution is 7.74. The molecule has 0 aliphatic carbocycles. The molecule has 0 atom stereocenters. The molecule has 0 nitrogen and oxygen atoms in total. The van der Waals surface area contributed by atoms with Crippen LogP contribution in [0.15, 0.2) is 121 Å². The summed E-state index contributed by atoms with van der Waals surface area (Å²) in [7, 11) is -0.751. The van der Waals surface area contributed by atoms with E-state index in [1.54, 1.807) is 0 Å². The number of benzene rings is 4. The van der Waals surface area contributed by atoms with Crippen LogP contribution in [0.2, 0.25) is 0 Å². The molecule has 0 heterocycles. The van der Waals surface area contributed by atoms with E-state index in [4.69, 9.17) is 0 Å². The van der Waals surface area contributed by atoms with Gasteiger partial charge in [-0.05, 0) is 61.2 Å². The van der Waals surface area contributed by atoms with E-state index >= 15 is 0 Å². The van der Waals surface area contributed by atoms with Crippen molar-refractivity contribution in [2.75, 3.05) is 6.16 Å². The summed E-state index contributed by atoms with van der Waals surface area (Å²) in [6.45, 7) is 4.96. The minimum Gasteiger partial charge on any atom is -0.0622 e. The summed E-state index contributed by atoms with van der Waals surface area (Å²) >= 11 is 0. The van der Waals surface area contributed by atoms with Crippen molar-refractivity contribution in [1.29, 1.82) is 0 Å². The number of hydrogen-bond donors (Lipinski definition) is 0. The lowest BCUT2D eigenvalue weighted by Crippen LogP contribution is -2.29. The molecule has 0 aliphatic heterocycles. The first-order chi connectivity index (χ1) is 15.6. The second-order valence-corrected chi connectivity index (χ2v) is 14.0. The molecule has 0 bridgehead atoms. The lowest BCUT2D eigenvalue weighted by Gasteiger charge is -2.36.